The first-order valence-corrected chi connectivity index (χ1v) is 8.86. The van der Waals surface area contributed by atoms with Gasteiger partial charge in [-0.15, -0.1) is 0 Å². The molecule has 5 nitrogen and oxygen atoms in total. The van der Waals surface area contributed by atoms with Gasteiger partial charge in [0.1, 0.15) is 0 Å². The van der Waals surface area contributed by atoms with E-state index >= 15 is 0 Å². The monoisotopic (exact) mass is 312 g/mol. The van der Waals surface area contributed by atoms with E-state index in [0.29, 0.717) is 13.1 Å². The molecular formula is C15H24N2O3S. The zero-order valence-electron chi connectivity index (χ0n) is 12.7. The third kappa shape index (κ3) is 6.73. The largest absolute Gasteiger partial charge is 0.346 e. The number of benzene rings is 1. The molecule has 118 valence electrons. The van der Waals surface area contributed by atoms with Crippen LogP contribution in [-0.4, -0.2) is 45.1 Å². The molecule has 0 fully saturated rings. The summed E-state index contributed by atoms with van der Waals surface area (Å²) in [5.74, 6) is -0.294. The van der Waals surface area contributed by atoms with Gasteiger partial charge in [0, 0.05) is 20.0 Å². The fraction of sp³-hybridized carbons (Fsp3) is 0.533. The average Bonchev–Trinajstić information content (AvgIpc) is 2.41. The molecule has 1 aromatic carbocycles. The predicted molar refractivity (Wildman–Crippen MR) is 84.6 cm³/mol. The van der Waals surface area contributed by atoms with Crippen molar-refractivity contribution in [3.8, 4) is 0 Å². The summed E-state index contributed by atoms with van der Waals surface area (Å²) in [4.78, 5) is 13.4. The van der Waals surface area contributed by atoms with Crippen molar-refractivity contribution in [2.75, 3.05) is 25.9 Å². The van der Waals surface area contributed by atoms with Crippen LogP contribution in [0.1, 0.15) is 24.0 Å². The van der Waals surface area contributed by atoms with Gasteiger partial charge in [0.25, 0.3) is 0 Å². The molecule has 0 bridgehead atoms. The van der Waals surface area contributed by atoms with Crippen molar-refractivity contribution in [3.05, 3.63) is 35.4 Å². The highest BCUT2D eigenvalue weighted by Gasteiger charge is 2.16. The number of nitrogens with two attached hydrogens (primary N) is 1. The van der Waals surface area contributed by atoms with Crippen LogP contribution in [0.25, 0.3) is 0 Å². The van der Waals surface area contributed by atoms with E-state index in [-0.39, 0.29) is 23.8 Å². The Labute approximate surface area is 127 Å². The molecule has 0 spiro atoms. The second-order valence-corrected chi connectivity index (χ2v) is 7.47. The molecule has 0 saturated carbocycles. The third-order valence-corrected chi connectivity index (χ3v) is 4.82. The molecule has 0 unspecified atom stereocenters. The molecule has 21 heavy (non-hydrogen) atoms. The van der Waals surface area contributed by atoms with E-state index in [9.17, 15) is 13.2 Å². The Balaban J connectivity index is 2.51. The van der Waals surface area contributed by atoms with E-state index in [4.69, 9.17) is 5.73 Å². The molecule has 1 amide bonds. The third-order valence-electron chi connectivity index (χ3n) is 3.22. The van der Waals surface area contributed by atoms with Gasteiger partial charge >= 0.3 is 0 Å². The van der Waals surface area contributed by atoms with Crippen molar-refractivity contribution in [1.29, 1.82) is 0 Å². The van der Waals surface area contributed by atoms with E-state index in [1.165, 1.54) is 4.90 Å². The number of carbonyl (C=O) groups is 1. The van der Waals surface area contributed by atoms with Crippen LogP contribution in [0.5, 0.6) is 0 Å². The van der Waals surface area contributed by atoms with Gasteiger partial charge < -0.3 is 10.6 Å². The minimum Gasteiger partial charge on any atom is -0.346 e. The molecule has 0 aliphatic rings. The lowest BCUT2D eigenvalue weighted by atomic mass is 10.2. The Hall–Kier alpha value is -1.40. The second kappa shape index (κ2) is 8.14. The van der Waals surface area contributed by atoms with Crippen molar-refractivity contribution >= 4 is 15.7 Å². The predicted octanol–water partition coefficient (Wildman–Crippen LogP) is 1.11. The minimum absolute atomic E-state index is 0.0194. The topological polar surface area (TPSA) is 80.5 Å². The van der Waals surface area contributed by atoms with Crippen LogP contribution in [0.15, 0.2) is 24.3 Å². The molecule has 0 aliphatic heterocycles. The number of sulfone groups is 1. The van der Waals surface area contributed by atoms with Crippen LogP contribution in [0.2, 0.25) is 0 Å². The number of aryl methyl sites for hydroxylation is 1. The minimum atomic E-state index is -3.27. The first kappa shape index (κ1) is 17.7. The number of nitrogens with zero attached hydrogens (tertiary/aromatic N) is 1. The zero-order chi connectivity index (χ0) is 15.9. The summed E-state index contributed by atoms with van der Waals surface area (Å²) >= 11 is 0. The summed E-state index contributed by atoms with van der Waals surface area (Å²) < 4.78 is 24.1. The van der Waals surface area contributed by atoms with Gasteiger partial charge in [-0.2, -0.15) is 0 Å². The van der Waals surface area contributed by atoms with Crippen LogP contribution < -0.4 is 5.73 Å². The van der Waals surface area contributed by atoms with Crippen molar-refractivity contribution in [1.82, 2.24) is 4.90 Å². The Morgan fingerprint density at radius 2 is 2.05 bits per heavy atom. The summed E-state index contributed by atoms with van der Waals surface area (Å²) in [6.45, 7) is 3.00. The van der Waals surface area contributed by atoms with Gasteiger partial charge in [0.15, 0.2) is 9.84 Å². The molecule has 1 aromatic rings. The Morgan fingerprint density at radius 1 is 1.33 bits per heavy atom. The molecule has 6 heteroatoms. The highest BCUT2D eigenvalue weighted by atomic mass is 32.2. The van der Waals surface area contributed by atoms with E-state index in [0.717, 1.165) is 17.5 Å². The Morgan fingerprint density at radius 3 is 2.67 bits per heavy atom. The SMILES string of the molecule is Cc1cccc(CS(=O)(=O)CCC(=O)N(C)CCCN)c1. The highest BCUT2D eigenvalue weighted by molar-refractivity contribution is 7.90. The van der Waals surface area contributed by atoms with Gasteiger partial charge in [0.2, 0.25) is 5.91 Å². The van der Waals surface area contributed by atoms with Gasteiger partial charge in [0.05, 0.1) is 11.5 Å². The maximum Gasteiger partial charge on any atom is 0.223 e. The van der Waals surface area contributed by atoms with Crippen molar-refractivity contribution < 1.29 is 13.2 Å². The standard InChI is InChI=1S/C15H24N2O3S/c1-13-5-3-6-14(11-13)12-21(19,20)10-7-15(18)17(2)9-4-8-16/h3,5-6,11H,4,7-10,12,16H2,1-2H3. The lowest BCUT2D eigenvalue weighted by molar-refractivity contribution is -0.129. The smallest absolute Gasteiger partial charge is 0.223 e. The van der Waals surface area contributed by atoms with Gasteiger partial charge in [-0.25, -0.2) is 8.42 Å². The van der Waals surface area contributed by atoms with Crippen LogP contribution >= 0.6 is 0 Å². The molecule has 1 rings (SSSR count). The van der Waals surface area contributed by atoms with Crippen LogP contribution in [0.3, 0.4) is 0 Å². The summed E-state index contributed by atoms with van der Waals surface area (Å²) in [6.07, 6.45) is 0.744. The normalized spacial score (nSPS) is 11.4. The Bertz CT molecular complexity index is 570. The number of carbonyl (C=O) groups excluding carboxylic acids is 1. The van der Waals surface area contributed by atoms with Crippen LogP contribution in [0, 0.1) is 6.92 Å². The molecule has 2 N–H and O–H groups in total. The number of hydrogen-bond acceptors (Lipinski definition) is 4. The fourth-order valence-corrected chi connectivity index (χ4v) is 3.33. The lowest BCUT2D eigenvalue weighted by Gasteiger charge is -2.16. The number of amides is 1. The van der Waals surface area contributed by atoms with E-state index < -0.39 is 9.84 Å². The molecule has 0 radical (unpaired) electrons. The lowest BCUT2D eigenvalue weighted by Crippen LogP contribution is -2.30. The first-order valence-electron chi connectivity index (χ1n) is 7.04. The summed E-state index contributed by atoms with van der Waals surface area (Å²) in [7, 11) is -1.60. The summed E-state index contributed by atoms with van der Waals surface area (Å²) in [5.41, 5.74) is 7.18. The molecule has 0 aromatic heterocycles. The van der Waals surface area contributed by atoms with Crippen LogP contribution in [-0.2, 0) is 20.4 Å². The zero-order valence-corrected chi connectivity index (χ0v) is 13.5. The van der Waals surface area contributed by atoms with E-state index in [2.05, 4.69) is 0 Å². The highest BCUT2D eigenvalue weighted by Crippen LogP contribution is 2.10. The summed E-state index contributed by atoms with van der Waals surface area (Å²) in [6, 6.07) is 7.41. The van der Waals surface area contributed by atoms with E-state index in [1.54, 1.807) is 13.1 Å². The second-order valence-electron chi connectivity index (χ2n) is 5.29. The maximum atomic E-state index is 12.1. The molecular weight excluding hydrogens is 288 g/mol. The van der Waals surface area contributed by atoms with E-state index in [1.807, 2.05) is 25.1 Å². The van der Waals surface area contributed by atoms with Gasteiger partial charge in [-0.3, -0.25) is 4.79 Å². The maximum absolute atomic E-state index is 12.1. The quantitative estimate of drug-likeness (QED) is 0.779. The van der Waals surface area contributed by atoms with Crippen LogP contribution in [0.4, 0.5) is 0 Å². The molecule has 0 saturated heterocycles. The Kier molecular flexibility index (Phi) is 6.84. The van der Waals surface area contributed by atoms with Crippen molar-refractivity contribution in [2.24, 2.45) is 5.73 Å². The average molecular weight is 312 g/mol. The molecule has 0 aliphatic carbocycles. The van der Waals surface area contributed by atoms with Crippen molar-refractivity contribution in [2.45, 2.75) is 25.5 Å². The van der Waals surface area contributed by atoms with Crippen molar-refractivity contribution in [3.63, 3.8) is 0 Å². The molecule has 0 heterocycles. The van der Waals surface area contributed by atoms with Gasteiger partial charge in [-0.1, -0.05) is 29.8 Å². The van der Waals surface area contributed by atoms with Gasteiger partial charge in [-0.05, 0) is 25.5 Å². The molecule has 0 atom stereocenters. The number of rotatable bonds is 8. The first-order chi connectivity index (χ1) is 9.84. The fourth-order valence-electron chi connectivity index (χ4n) is 2.01. The number of hydrogen-bond donors (Lipinski definition) is 1. The summed E-state index contributed by atoms with van der Waals surface area (Å²) in [5, 5.41) is 0.